The lowest BCUT2D eigenvalue weighted by Crippen LogP contribution is -2.40. The highest BCUT2D eigenvalue weighted by Crippen LogP contribution is 2.19. The number of esters is 1. The fraction of sp³-hybridized carbons (Fsp3) is 0.450. The first-order chi connectivity index (χ1) is 13.1. The third kappa shape index (κ3) is 4.67. The van der Waals surface area contributed by atoms with Gasteiger partial charge in [0, 0.05) is 37.0 Å². The van der Waals surface area contributed by atoms with Crippen LogP contribution in [0.15, 0.2) is 30.3 Å². The van der Waals surface area contributed by atoms with Crippen molar-refractivity contribution in [3.8, 4) is 0 Å². The summed E-state index contributed by atoms with van der Waals surface area (Å²) in [6, 6.07) is 9.54. The second-order valence-electron chi connectivity index (χ2n) is 6.81. The molecule has 2 heterocycles. The Kier molecular flexibility index (Phi) is 6.11. The van der Waals surface area contributed by atoms with E-state index in [0.717, 1.165) is 10.9 Å². The summed E-state index contributed by atoms with van der Waals surface area (Å²) in [7, 11) is 1.39. The molecule has 1 fully saturated rings. The van der Waals surface area contributed by atoms with Crippen molar-refractivity contribution in [2.24, 2.45) is 5.92 Å². The number of nitrogens with one attached hydrogen (secondary N) is 2. The van der Waals surface area contributed by atoms with Crippen molar-refractivity contribution in [3.05, 3.63) is 36.0 Å². The average molecular weight is 371 g/mol. The van der Waals surface area contributed by atoms with Gasteiger partial charge in [0.15, 0.2) is 0 Å². The summed E-state index contributed by atoms with van der Waals surface area (Å²) < 4.78 is 4.76. The molecule has 1 saturated heterocycles. The average Bonchev–Trinajstić information content (AvgIpc) is 3.14. The molecule has 27 heavy (non-hydrogen) atoms. The maximum atomic E-state index is 12.3. The van der Waals surface area contributed by atoms with Gasteiger partial charge < -0.3 is 19.9 Å². The normalized spacial score (nSPS) is 14.9. The lowest BCUT2D eigenvalue weighted by atomic mass is 9.97. The monoisotopic (exact) mass is 371 g/mol. The summed E-state index contributed by atoms with van der Waals surface area (Å²) in [5.41, 5.74) is 1.44. The molecule has 1 aromatic heterocycles. The van der Waals surface area contributed by atoms with Crippen molar-refractivity contribution in [3.63, 3.8) is 0 Å². The zero-order chi connectivity index (χ0) is 19.2. The summed E-state index contributed by atoms with van der Waals surface area (Å²) in [5, 5.41) is 3.84. The molecule has 7 nitrogen and oxygen atoms in total. The Morgan fingerprint density at radius 3 is 2.67 bits per heavy atom. The number of carbonyl (C=O) groups is 3. The van der Waals surface area contributed by atoms with Crippen LogP contribution in [0, 0.1) is 5.92 Å². The number of methoxy groups -OCH3 is 1. The Hall–Kier alpha value is -2.83. The number of rotatable bonds is 6. The summed E-state index contributed by atoms with van der Waals surface area (Å²) >= 11 is 0. The highest BCUT2D eigenvalue weighted by Gasteiger charge is 2.27. The Labute approximate surface area is 158 Å². The van der Waals surface area contributed by atoms with Crippen LogP contribution >= 0.6 is 0 Å². The van der Waals surface area contributed by atoms with E-state index in [0.29, 0.717) is 51.0 Å². The van der Waals surface area contributed by atoms with Gasteiger partial charge in [-0.1, -0.05) is 18.2 Å². The molecule has 7 heteroatoms. The van der Waals surface area contributed by atoms with Gasteiger partial charge in [-0.25, -0.2) is 0 Å². The fourth-order valence-electron chi connectivity index (χ4n) is 3.42. The number of aromatic amines is 1. The standard InChI is InChI=1S/C20H25N3O4/c1-27-20(26)14-8-11-23(12-9-14)18(24)7-4-10-21-19(25)17-13-15-5-2-3-6-16(15)22-17/h2-3,5-6,13-14,22H,4,7-12H2,1H3,(H,21,25). The molecule has 1 aliphatic rings. The number of aromatic nitrogens is 1. The third-order valence-electron chi connectivity index (χ3n) is 5.01. The molecule has 0 saturated carbocycles. The Morgan fingerprint density at radius 2 is 1.96 bits per heavy atom. The minimum Gasteiger partial charge on any atom is -0.469 e. The molecule has 2 N–H and O–H groups in total. The first kappa shape index (κ1) is 18.9. The number of likely N-dealkylation sites (tertiary alicyclic amines) is 1. The van der Waals surface area contributed by atoms with Gasteiger partial charge in [0.05, 0.1) is 13.0 Å². The third-order valence-corrected chi connectivity index (χ3v) is 5.01. The number of amides is 2. The molecule has 0 spiro atoms. The van der Waals surface area contributed by atoms with E-state index in [1.54, 1.807) is 4.90 Å². The first-order valence-corrected chi connectivity index (χ1v) is 9.30. The first-order valence-electron chi connectivity index (χ1n) is 9.30. The zero-order valence-electron chi connectivity index (χ0n) is 15.5. The van der Waals surface area contributed by atoms with Gasteiger partial charge in [-0.2, -0.15) is 0 Å². The minimum atomic E-state index is -0.193. The van der Waals surface area contributed by atoms with Crippen LogP contribution in [0.1, 0.15) is 36.2 Å². The van der Waals surface area contributed by atoms with Gasteiger partial charge in [-0.15, -0.1) is 0 Å². The van der Waals surface area contributed by atoms with Gasteiger partial charge in [0.2, 0.25) is 5.91 Å². The van der Waals surface area contributed by atoms with Gasteiger partial charge >= 0.3 is 5.97 Å². The number of piperidine rings is 1. The van der Waals surface area contributed by atoms with E-state index in [1.165, 1.54) is 7.11 Å². The van der Waals surface area contributed by atoms with E-state index in [4.69, 9.17) is 4.74 Å². The Bertz CT molecular complexity index is 788. The molecule has 0 bridgehead atoms. The molecular weight excluding hydrogens is 346 g/mol. The van der Waals surface area contributed by atoms with Crippen molar-refractivity contribution in [1.29, 1.82) is 0 Å². The predicted molar refractivity (Wildman–Crippen MR) is 101 cm³/mol. The number of hydrogen-bond acceptors (Lipinski definition) is 4. The molecule has 1 aliphatic heterocycles. The van der Waals surface area contributed by atoms with Crippen LogP contribution in [0.2, 0.25) is 0 Å². The summed E-state index contributed by atoms with van der Waals surface area (Å²) in [6.45, 7) is 1.61. The Balaban J connectivity index is 1.38. The maximum absolute atomic E-state index is 12.3. The molecule has 0 radical (unpaired) electrons. The maximum Gasteiger partial charge on any atom is 0.308 e. The van der Waals surface area contributed by atoms with Crippen LogP contribution in [0.3, 0.4) is 0 Å². The largest absolute Gasteiger partial charge is 0.469 e. The number of hydrogen-bond donors (Lipinski definition) is 2. The number of H-pyrrole nitrogens is 1. The van der Waals surface area contributed by atoms with Crippen LogP contribution < -0.4 is 5.32 Å². The molecule has 144 valence electrons. The van der Waals surface area contributed by atoms with Crippen molar-refractivity contribution in [1.82, 2.24) is 15.2 Å². The van der Waals surface area contributed by atoms with E-state index in [1.807, 2.05) is 30.3 Å². The molecule has 3 rings (SSSR count). The van der Waals surface area contributed by atoms with Crippen LogP contribution in [0.5, 0.6) is 0 Å². The smallest absolute Gasteiger partial charge is 0.308 e. The summed E-state index contributed by atoms with van der Waals surface area (Å²) in [4.78, 5) is 40.9. The molecule has 1 aromatic carbocycles. The minimum absolute atomic E-state index is 0.0678. The van der Waals surface area contributed by atoms with Crippen molar-refractivity contribution in [2.45, 2.75) is 25.7 Å². The van der Waals surface area contributed by atoms with E-state index in [9.17, 15) is 14.4 Å². The number of ether oxygens (including phenoxy) is 1. The molecule has 0 atom stereocenters. The molecule has 0 aliphatic carbocycles. The SMILES string of the molecule is COC(=O)C1CCN(C(=O)CCCNC(=O)c2cc3ccccc3[nH]2)CC1. The fourth-order valence-corrected chi connectivity index (χ4v) is 3.42. The second kappa shape index (κ2) is 8.70. The van der Waals surface area contributed by atoms with Gasteiger partial charge in [-0.3, -0.25) is 14.4 Å². The van der Waals surface area contributed by atoms with Crippen LogP contribution in [0.4, 0.5) is 0 Å². The second-order valence-corrected chi connectivity index (χ2v) is 6.81. The predicted octanol–water partition coefficient (Wildman–Crippen LogP) is 2.09. The van der Waals surface area contributed by atoms with E-state index >= 15 is 0 Å². The molecule has 0 unspecified atom stereocenters. The van der Waals surface area contributed by atoms with Gasteiger partial charge in [-0.05, 0) is 31.4 Å². The number of carbonyl (C=O) groups excluding carboxylic acids is 3. The van der Waals surface area contributed by atoms with Crippen LogP contribution in [-0.2, 0) is 14.3 Å². The Morgan fingerprint density at radius 1 is 1.22 bits per heavy atom. The number of fused-ring (bicyclic) bond motifs is 1. The van der Waals surface area contributed by atoms with E-state index in [-0.39, 0.29) is 23.7 Å². The molecular formula is C20H25N3O4. The van der Waals surface area contributed by atoms with Crippen LogP contribution in [0.25, 0.3) is 10.9 Å². The lowest BCUT2D eigenvalue weighted by Gasteiger charge is -2.30. The quantitative estimate of drug-likeness (QED) is 0.601. The van der Waals surface area contributed by atoms with Crippen LogP contribution in [-0.4, -0.2) is 54.4 Å². The topological polar surface area (TPSA) is 91.5 Å². The zero-order valence-corrected chi connectivity index (χ0v) is 15.5. The van der Waals surface area contributed by atoms with Gasteiger partial charge in [0.1, 0.15) is 5.69 Å². The van der Waals surface area contributed by atoms with Gasteiger partial charge in [0.25, 0.3) is 5.91 Å². The highest BCUT2D eigenvalue weighted by molar-refractivity contribution is 5.97. The van der Waals surface area contributed by atoms with Crippen molar-refractivity contribution < 1.29 is 19.1 Å². The summed E-state index contributed by atoms with van der Waals surface area (Å²) in [5.74, 6) is -0.396. The number of para-hydroxylation sites is 1. The lowest BCUT2D eigenvalue weighted by molar-refractivity contribution is -0.148. The summed E-state index contributed by atoms with van der Waals surface area (Å²) in [6.07, 6.45) is 2.27. The molecule has 2 aromatic rings. The molecule has 2 amide bonds. The van der Waals surface area contributed by atoms with Crippen molar-refractivity contribution in [2.75, 3.05) is 26.7 Å². The van der Waals surface area contributed by atoms with E-state index < -0.39 is 0 Å². The number of nitrogens with zero attached hydrogens (tertiary/aromatic N) is 1. The highest BCUT2D eigenvalue weighted by atomic mass is 16.5. The van der Waals surface area contributed by atoms with E-state index in [2.05, 4.69) is 10.3 Å². The van der Waals surface area contributed by atoms with Crippen molar-refractivity contribution >= 4 is 28.7 Å². The number of benzene rings is 1.